The van der Waals surface area contributed by atoms with Crippen molar-refractivity contribution in [1.82, 2.24) is 0 Å². The average Bonchev–Trinajstić information content (AvgIpc) is 2.66. The first-order valence-electron chi connectivity index (χ1n) is 5.92. The van der Waals surface area contributed by atoms with Gasteiger partial charge >= 0.3 is 0 Å². The Morgan fingerprint density at radius 3 is 2.39 bits per heavy atom. The molecular weight excluding hydrogens is 292 g/mol. The van der Waals surface area contributed by atoms with Crippen molar-refractivity contribution in [3.63, 3.8) is 0 Å². The Morgan fingerprint density at radius 2 is 1.67 bits per heavy atom. The molecule has 92 valence electrons. The maximum absolute atomic E-state index is 5.79. The lowest BCUT2D eigenvalue weighted by Gasteiger charge is -2.08. The molecule has 0 radical (unpaired) electrons. The van der Waals surface area contributed by atoms with Gasteiger partial charge in [0.25, 0.3) is 0 Å². The number of fused-ring (bicyclic) bond motifs is 3. The normalized spacial score (nSPS) is 11.6. The first-order chi connectivity index (χ1) is 8.63. The Hall–Kier alpha value is -1.48. The molecule has 3 heteroatoms. The van der Waals surface area contributed by atoms with Crippen LogP contribution in [0.25, 0.3) is 21.9 Å². The summed E-state index contributed by atoms with van der Waals surface area (Å²) in [5, 5.41) is 2.19. The van der Waals surface area contributed by atoms with E-state index in [1.54, 1.807) is 0 Å². The largest absolute Gasteiger partial charge is 0.491 e. The molecule has 3 rings (SSSR count). The first kappa shape index (κ1) is 11.6. The highest BCUT2D eigenvalue weighted by molar-refractivity contribution is 9.10. The van der Waals surface area contributed by atoms with Gasteiger partial charge in [-0.05, 0) is 50.2 Å². The van der Waals surface area contributed by atoms with Gasteiger partial charge in [-0.25, -0.2) is 0 Å². The Balaban J connectivity index is 2.24. The lowest BCUT2D eigenvalue weighted by molar-refractivity contribution is 0.242. The predicted octanol–water partition coefficient (Wildman–Crippen LogP) is 5.14. The second-order valence-corrected chi connectivity index (χ2v) is 5.48. The van der Waals surface area contributed by atoms with Gasteiger partial charge in [0.15, 0.2) is 0 Å². The highest BCUT2D eigenvalue weighted by Crippen LogP contribution is 2.33. The van der Waals surface area contributed by atoms with Crippen molar-refractivity contribution in [2.24, 2.45) is 0 Å². The van der Waals surface area contributed by atoms with E-state index in [-0.39, 0.29) is 6.10 Å². The summed E-state index contributed by atoms with van der Waals surface area (Å²) in [5.41, 5.74) is 1.79. The summed E-state index contributed by atoms with van der Waals surface area (Å²) in [6, 6.07) is 12.0. The van der Waals surface area contributed by atoms with Gasteiger partial charge in [0.2, 0.25) is 0 Å². The fourth-order valence-corrected chi connectivity index (χ4v) is 2.44. The topological polar surface area (TPSA) is 22.4 Å². The van der Waals surface area contributed by atoms with Gasteiger partial charge in [0, 0.05) is 15.2 Å². The summed E-state index contributed by atoms with van der Waals surface area (Å²) in [5.74, 6) is 0.875. The third kappa shape index (κ3) is 1.99. The molecule has 1 aromatic heterocycles. The lowest BCUT2D eigenvalue weighted by atomic mass is 10.1. The van der Waals surface area contributed by atoms with Crippen molar-refractivity contribution >= 4 is 37.9 Å². The molecule has 18 heavy (non-hydrogen) atoms. The SMILES string of the molecule is CC(C)Oc1ccc2oc3ccc(Br)cc3c2c1. The molecule has 0 aliphatic rings. The summed E-state index contributed by atoms with van der Waals surface area (Å²) < 4.78 is 12.6. The molecule has 0 unspecified atom stereocenters. The quantitative estimate of drug-likeness (QED) is 0.654. The maximum atomic E-state index is 5.79. The van der Waals surface area contributed by atoms with Crippen molar-refractivity contribution in [1.29, 1.82) is 0 Å². The van der Waals surface area contributed by atoms with Gasteiger partial charge in [-0.15, -0.1) is 0 Å². The third-order valence-electron chi connectivity index (χ3n) is 2.77. The van der Waals surface area contributed by atoms with Crippen molar-refractivity contribution in [2.45, 2.75) is 20.0 Å². The molecule has 3 aromatic rings. The number of hydrogen-bond acceptors (Lipinski definition) is 2. The number of rotatable bonds is 2. The first-order valence-corrected chi connectivity index (χ1v) is 6.71. The van der Waals surface area contributed by atoms with Crippen LogP contribution in [0, 0.1) is 0 Å². The highest BCUT2D eigenvalue weighted by Gasteiger charge is 2.09. The van der Waals surface area contributed by atoms with Crippen LogP contribution in [0.1, 0.15) is 13.8 Å². The van der Waals surface area contributed by atoms with Crippen LogP contribution in [0.3, 0.4) is 0 Å². The Labute approximate surface area is 114 Å². The lowest BCUT2D eigenvalue weighted by Crippen LogP contribution is -2.04. The molecule has 0 aliphatic heterocycles. The van der Waals surface area contributed by atoms with Gasteiger partial charge in [0.1, 0.15) is 16.9 Å². The molecule has 0 saturated heterocycles. The number of benzene rings is 2. The predicted molar refractivity (Wildman–Crippen MR) is 77.2 cm³/mol. The zero-order chi connectivity index (χ0) is 12.7. The summed E-state index contributed by atoms with van der Waals surface area (Å²) >= 11 is 3.49. The van der Waals surface area contributed by atoms with E-state index in [2.05, 4.69) is 22.0 Å². The maximum Gasteiger partial charge on any atom is 0.135 e. The minimum atomic E-state index is 0.173. The van der Waals surface area contributed by atoms with E-state index in [1.165, 1.54) is 0 Å². The number of halogens is 1. The molecule has 1 heterocycles. The highest BCUT2D eigenvalue weighted by atomic mass is 79.9. The summed E-state index contributed by atoms with van der Waals surface area (Å²) in [6.07, 6.45) is 0.173. The van der Waals surface area contributed by atoms with Crippen LogP contribution in [-0.4, -0.2) is 6.10 Å². The van der Waals surface area contributed by atoms with Crippen molar-refractivity contribution < 1.29 is 9.15 Å². The van der Waals surface area contributed by atoms with Crippen LogP contribution in [0.2, 0.25) is 0 Å². The molecule has 2 nitrogen and oxygen atoms in total. The summed E-state index contributed by atoms with van der Waals surface area (Å²) in [7, 11) is 0. The second kappa shape index (κ2) is 4.32. The molecule has 0 fully saturated rings. The van der Waals surface area contributed by atoms with E-state index in [0.717, 1.165) is 32.2 Å². The Bertz CT molecular complexity index is 713. The molecule has 0 bridgehead atoms. The summed E-state index contributed by atoms with van der Waals surface area (Å²) in [4.78, 5) is 0. The smallest absolute Gasteiger partial charge is 0.135 e. The third-order valence-corrected chi connectivity index (χ3v) is 3.27. The van der Waals surface area contributed by atoms with Crippen LogP contribution in [0.5, 0.6) is 5.75 Å². The van der Waals surface area contributed by atoms with E-state index in [4.69, 9.17) is 9.15 Å². The number of hydrogen-bond donors (Lipinski definition) is 0. The van der Waals surface area contributed by atoms with Crippen LogP contribution in [0.4, 0.5) is 0 Å². The molecule has 0 saturated carbocycles. The van der Waals surface area contributed by atoms with Gasteiger partial charge in [-0.2, -0.15) is 0 Å². The minimum Gasteiger partial charge on any atom is -0.491 e. The van der Waals surface area contributed by atoms with Crippen LogP contribution >= 0.6 is 15.9 Å². The molecular formula is C15H13BrO2. The van der Waals surface area contributed by atoms with Gasteiger partial charge < -0.3 is 9.15 Å². The van der Waals surface area contributed by atoms with Crippen LogP contribution in [0.15, 0.2) is 45.3 Å². The fraction of sp³-hybridized carbons (Fsp3) is 0.200. The standard InChI is InChI=1S/C15H13BrO2/c1-9(2)17-11-4-6-15-13(8-11)12-7-10(16)3-5-14(12)18-15/h3-9H,1-2H3. The molecule has 0 amide bonds. The van der Waals surface area contributed by atoms with E-state index >= 15 is 0 Å². The zero-order valence-corrected chi connectivity index (χ0v) is 11.8. The second-order valence-electron chi connectivity index (χ2n) is 4.57. The Kier molecular flexibility index (Phi) is 2.78. The molecule has 0 N–H and O–H groups in total. The molecule has 0 atom stereocenters. The molecule has 0 aliphatic carbocycles. The number of ether oxygens (including phenoxy) is 1. The van der Waals surface area contributed by atoms with E-state index < -0.39 is 0 Å². The van der Waals surface area contributed by atoms with Gasteiger partial charge in [0.05, 0.1) is 6.10 Å². The van der Waals surface area contributed by atoms with Crippen molar-refractivity contribution in [3.05, 3.63) is 40.9 Å². The summed E-state index contributed by atoms with van der Waals surface area (Å²) in [6.45, 7) is 4.04. The van der Waals surface area contributed by atoms with Crippen molar-refractivity contribution in [3.8, 4) is 5.75 Å². The van der Waals surface area contributed by atoms with Gasteiger partial charge in [-0.3, -0.25) is 0 Å². The fourth-order valence-electron chi connectivity index (χ4n) is 2.07. The van der Waals surface area contributed by atoms with Gasteiger partial charge in [-0.1, -0.05) is 15.9 Å². The van der Waals surface area contributed by atoms with Crippen LogP contribution < -0.4 is 4.74 Å². The Morgan fingerprint density at radius 1 is 1.00 bits per heavy atom. The van der Waals surface area contributed by atoms with Crippen LogP contribution in [-0.2, 0) is 0 Å². The van der Waals surface area contributed by atoms with Crippen molar-refractivity contribution in [2.75, 3.05) is 0 Å². The molecule has 0 spiro atoms. The van der Waals surface area contributed by atoms with E-state index in [1.807, 2.05) is 44.2 Å². The monoisotopic (exact) mass is 304 g/mol. The minimum absolute atomic E-state index is 0.173. The average molecular weight is 305 g/mol. The van der Waals surface area contributed by atoms with E-state index in [0.29, 0.717) is 0 Å². The number of furan rings is 1. The molecule has 2 aromatic carbocycles. The van der Waals surface area contributed by atoms with E-state index in [9.17, 15) is 0 Å². The zero-order valence-electron chi connectivity index (χ0n) is 10.2.